The number of benzene rings is 1. The quantitative estimate of drug-likeness (QED) is 0.764. The van der Waals surface area contributed by atoms with Crippen LogP contribution in [0.3, 0.4) is 0 Å². The number of nitrogens with two attached hydrogens (primary N) is 1. The number of aryl methyl sites for hydroxylation is 1. The average molecular weight is 211 g/mol. The van der Waals surface area contributed by atoms with E-state index in [9.17, 15) is 9.18 Å². The van der Waals surface area contributed by atoms with E-state index in [1.165, 1.54) is 13.2 Å². The van der Waals surface area contributed by atoms with Gasteiger partial charge >= 0.3 is 5.97 Å². The van der Waals surface area contributed by atoms with Gasteiger partial charge in [-0.25, -0.2) is 4.39 Å². The van der Waals surface area contributed by atoms with Crippen LogP contribution < -0.4 is 5.73 Å². The molecule has 0 heterocycles. The Morgan fingerprint density at radius 2 is 2.27 bits per heavy atom. The molecule has 1 aromatic carbocycles. The van der Waals surface area contributed by atoms with E-state index >= 15 is 0 Å². The fourth-order valence-electron chi connectivity index (χ4n) is 1.25. The van der Waals surface area contributed by atoms with Crippen LogP contribution in [0, 0.1) is 12.7 Å². The number of rotatable bonds is 3. The fraction of sp³-hybridized carbons (Fsp3) is 0.364. The molecule has 15 heavy (non-hydrogen) atoms. The van der Waals surface area contributed by atoms with Crippen molar-refractivity contribution >= 4 is 5.97 Å². The Hall–Kier alpha value is -1.42. The first-order valence-electron chi connectivity index (χ1n) is 4.63. The smallest absolute Gasteiger partial charge is 0.322 e. The van der Waals surface area contributed by atoms with Crippen molar-refractivity contribution in [3.8, 4) is 0 Å². The summed E-state index contributed by atoms with van der Waals surface area (Å²) in [7, 11) is 1.28. The van der Waals surface area contributed by atoms with Crippen molar-refractivity contribution in [2.45, 2.75) is 19.4 Å². The van der Waals surface area contributed by atoms with Gasteiger partial charge in [0.15, 0.2) is 0 Å². The van der Waals surface area contributed by atoms with Gasteiger partial charge in [0.05, 0.1) is 7.11 Å². The molecule has 0 fully saturated rings. The van der Waals surface area contributed by atoms with Crippen molar-refractivity contribution in [2.75, 3.05) is 7.11 Å². The molecular weight excluding hydrogens is 197 g/mol. The molecule has 82 valence electrons. The highest BCUT2D eigenvalue weighted by atomic mass is 19.1. The zero-order valence-corrected chi connectivity index (χ0v) is 8.79. The van der Waals surface area contributed by atoms with Gasteiger partial charge in [0.1, 0.15) is 11.9 Å². The summed E-state index contributed by atoms with van der Waals surface area (Å²) >= 11 is 0. The highest BCUT2D eigenvalue weighted by molar-refractivity contribution is 5.75. The minimum atomic E-state index is -0.739. The molecule has 1 atom stereocenters. The third-order valence-electron chi connectivity index (χ3n) is 2.20. The first-order chi connectivity index (χ1) is 7.04. The highest BCUT2D eigenvalue weighted by Gasteiger charge is 2.14. The van der Waals surface area contributed by atoms with Crippen LogP contribution in [0.2, 0.25) is 0 Å². The standard InChI is InChI=1S/C11H14FNO2/c1-7-3-4-8(5-9(7)12)6-10(13)11(14)15-2/h3-5,10H,6,13H2,1-2H3/t10-/m0/s1. The first-order valence-corrected chi connectivity index (χ1v) is 4.63. The van der Waals surface area contributed by atoms with Crippen LogP contribution in [0.25, 0.3) is 0 Å². The lowest BCUT2D eigenvalue weighted by molar-refractivity contribution is -0.142. The van der Waals surface area contributed by atoms with Crippen molar-refractivity contribution < 1.29 is 13.9 Å². The summed E-state index contributed by atoms with van der Waals surface area (Å²) in [6, 6.07) is 4.06. The number of carbonyl (C=O) groups excluding carboxylic acids is 1. The maximum Gasteiger partial charge on any atom is 0.322 e. The molecule has 0 aliphatic carbocycles. The maximum absolute atomic E-state index is 13.2. The molecule has 4 heteroatoms. The van der Waals surface area contributed by atoms with E-state index in [2.05, 4.69) is 4.74 Å². The number of hydrogen-bond acceptors (Lipinski definition) is 3. The number of hydrogen-bond donors (Lipinski definition) is 1. The number of methoxy groups -OCH3 is 1. The van der Waals surface area contributed by atoms with E-state index in [0.29, 0.717) is 11.1 Å². The van der Waals surface area contributed by atoms with E-state index in [-0.39, 0.29) is 12.2 Å². The predicted octanol–water partition coefficient (Wildman–Crippen LogP) is 1.18. The van der Waals surface area contributed by atoms with Crippen LogP contribution in [0.15, 0.2) is 18.2 Å². The van der Waals surface area contributed by atoms with Crippen molar-refractivity contribution in [2.24, 2.45) is 5.73 Å². The second-order valence-corrected chi connectivity index (χ2v) is 3.42. The molecule has 1 aromatic rings. The SMILES string of the molecule is COC(=O)[C@@H](N)Cc1ccc(C)c(F)c1. The second-order valence-electron chi connectivity index (χ2n) is 3.42. The first kappa shape index (κ1) is 11.7. The van der Waals surface area contributed by atoms with Gasteiger partial charge in [0.25, 0.3) is 0 Å². The van der Waals surface area contributed by atoms with Gasteiger partial charge in [0, 0.05) is 0 Å². The van der Waals surface area contributed by atoms with Crippen LogP contribution in [0.1, 0.15) is 11.1 Å². The number of ether oxygens (including phenoxy) is 1. The molecule has 0 spiro atoms. The molecule has 0 radical (unpaired) electrons. The molecule has 0 unspecified atom stereocenters. The van der Waals surface area contributed by atoms with Gasteiger partial charge < -0.3 is 10.5 Å². The lowest BCUT2D eigenvalue weighted by Gasteiger charge is -2.09. The summed E-state index contributed by atoms with van der Waals surface area (Å²) in [5.74, 6) is -0.777. The van der Waals surface area contributed by atoms with E-state index in [0.717, 1.165) is 0 Å². The molecule has 0 aliphatic rings. The van der Waals surface area contributed by atoms with Crippen LogP contribution >= 0.6 is 0 Å². The van der Waals surface area contributed by atoms with Gasteiger partial charge in [-0.3, -0.25) is 4.79 Å². The molecule has 2 N–H and O–H groups in total. The molecule has 0 aliphatic heterocycles. The van der Waals surface area contributed by atoms with Crippen molar-refractivity contribution in [1.82, 2.24) is 0 Å². The van der Waals surface area contributed by atoms with Gasteiger partial charge in [0.2, 0.25) is 0 Å². The molecule has 0 saturated carbocycles. The van der Waals surface area contributed by atoms with Crippen molar-refractivity contribution in [1.29, 1.82) is 0 Å². The Bertz CT molecular complexity index is 366. The van der Waals surface area contributed by atoms with Crippen LogP contribution in [0.5, 0.6) is 0 Å². The van der Waals surface area contributed by atoms with E-state index in [1.807, 2.05) is 0 Å². The summed E-state index contributed by atoms with van der Waals surface area (Å²) in [6.07, 6.45) is 0.282. The Labute approximate surface area is 88.0 Å². The number of carbonyl (C=O) groups is 1. The normalized spacial score (nSPS) is 12.3. The van der Waals surface area contributed by atoms with Gasteiger partial charge in [-0.05, 0) is 30.5 Å². The Balaban J connectivity index is 2.73. The molecular formula is C11H14FNO2. The van der Waals surface area contributed by atoms with Crippen LogP contribution in [0.4, 0.5) is 4.39 Å². The summed E-state index contributed by atoms with van der Waals surface area (Å²) in [5.41, 5.74) is 6.82. The van der Waals surface area contributed by atoms with Gasteiger partial charge in [-0.15, -0.1) is 0 Å². The lowest BCUT2D eigenvalue weighted by Crippen LogP contribution is -2.33. The highest BCUT2D eigenvalue weighted by Crippen LogP contribution is 2.10. The molecule has 3 nitrogen and oxygen atoms in total. The third-order valence-corrected chi connectivity index (χ3v) is 2.20. The van der Waals surface area contributed by atoms with Crippen molar-refractivity contribution in [3.05, 3.63) is 35.1 Å². The minimum absolute atomic E-state index is 0.282. The van der Waals surface area contributed by atoms with Crippen molar-refractivity contribution in [3.63, 3.8) is 0 Å². The molecule has 0 aromatic heterocycles. The largest absolute Gasteiger partial charge is 0.468 e. The molecule has 1 rings (SSSR count). The Morgan fingerprint density at radius 1 is 1.60 bits per heavy atom. The maximum atomic E-state index is 13.2. The summed E-state index contributed by atoms with van der Waals surface area (Å²) < 4.78 is 17.6. The molecule has 0 amide bonds. The van der Waals surface area contributed by atoms with Crippen LogP contribution in [-0.4, -0.2) is 19.1 Å². The number of halogens is 1. The third kappa shape index (κ3) is 3.02. The molecule has 0 bridgehead atoms. The summed E-state index contributed by atoms with van der Waals surface area (Å²) in [5, 5.41) is 0. The zero-order valence-electron chi connectivity index (χ0n) is 8.79. The zero-order chi connectivity index (χ0) is 11.4. The monoisotopic (exact) mass is 211 g/mol. The summed E-state index contributed by atoms with van der Waals surface area (Å²) in [6.45, 7) is 1.68. The van der Waals surface area contributed by atoms with Crippen LogP contribution in [-0.2, 0) is 16.0 Å². The fourth-order valence-corrected chi connectivity index (χ4v) is 1.25. The topological polar surface area (TPSA) is 52.3 Å². The average Bonchev–Trinajstić information content (AvgIpc) is 2.22. The van der Waals surface area contributed by atoms with E-state index in [1.54, 1.807) is 19.1 Å². The second kappa shape index (κ2) is 4.89. The Kier molecular flexibility index (Phi) is 3.80. The Morgan fingerprint density at radius 3 is 2.80 bits per heavy atom. The number of esters is 1. The van der Waals surface area contributed by atoms with E-state index < -0.39 is 12.0 Å². The lowest BCUT2D eigenvalue weighted by atomic mass is 10.0. The summed E-state index contributed by atoms with van der Waals surface area (Å²) in [4.78, 5) is 11.0. The molecule has 0 saturated heterocycles. The minimum Gasteiger partial charge on any atom is -0.468 e. The van der Waals surface area contributed by atoms with Gasteiger partial charge in [-0.1, -0.05) is 12.1 Å². The van der Waals surface area contributed by atoms with E-state index in [4.69, 9.17) is 5.73 Å². The predicted molar refractivity (Wildman–Crippen MR) is 54.8 cm³/mol. The van der Waals surface area contributed by atoms with Gasteiger partial charge in [-0.2, -0.15) is 0 Å².